The lowest BCUT2D eigenvalue weighted by Gasteiger charge is -2.42. The Labute approximate surface area is 157 Å². The van der Waals surface area contributed by atoms with E-state index in [1.54, 1.807) is 20.3 Å². The van der Waals surface area contributed by atoms with Gasteiger partial charge in [0.05, 0.1) is 7.11 Å². The number of allylic oxidation sites excluding steroid dienone is 2. The molecule has 0 spiro atoms. The first-order valence-electron chi connectivity index (χ1n) is 9.45. The van der Waals surface area contributed by atoms with Gasteiger partial charge in [0.15, 0.2) is 12.6 Å². The Kier molecular flexibility index (Phi) is 7.27. The average Bonchev–Trinajstić information content (AvgIpc) is 2.64. The largest absolute Gasteiger partial charge is 0.497 e. The highest BCUT2D eigenvalue weighted by atomic mass is 16.7. The van der Waals surface area contributed by atoms with Crippen LogP contribution in [0.3, 0.4) is 0 Å². The predicted molar refractivity (Wildman–Crippen MR) is 103 cm³/mol. The fourth-order valence-corrected chi connectivity index (χ4v) is 3.83. The third kappa shape index (κ3) is 4.67. The summed E-state index contributed by atoms with van der Waals surface area (Å²) < 4.78 is 16.2. The Hall–Kier alpha value is -1.81. The maximum absolute atomic E-state index is 12.5. The molecule has 0 radical (unpaired) electrons. The van der Waals surface area contributed by atoms with Crippen LogP contribution in [0, 0.1) is 17.3 Å². The Morgan fingerprint density at radius 2 is 1.92 bits per heavy atom. The minimum absolute atomic E-state index is 0.0817. The molecule has 0 fully saturated rings. The topological polar surface area (TPSA) is 44.8 Å². The standard InChI is InChI=1S/C22H32O4/c1-6-7-18-14-22(3,21(13-20(18)23)26-15-24-4)16(2)12-17-8-10-19(25-5)11-9-17/h8-11,13,16,18H,6-7,12,14-15H2,1-5H3/t16?,18?,22-/m0/s1. The number of carbonyl (C=O) groups excluding carboxylic acids is 1. The molecule has 3 atom stereocenters. The smallest absolute Gasteiger partial charge is 0.188 e. The van der Waals surface area contributed by atoms with E-state index in [1.807, 2.05) is 12.1 Å². The first-order valence-corrected chi connectivity index (χ1v) is 9.45. The third-order valence-corrected chi connectivity index (χ3v) is 5.67. The van der Waals surface area contributed by atoms with Crippen molar-refractivity contribution in [1.82, 2.24) is 0 Å². The van der Waals surface area contributed by atoms with E-state index in [4.69, 9.17) is 14.2 Å². The fourth-order valence-electron chi connectivity index (χ4n) is 3.83. The summed E-state index contributed by atoms with van der Waals surface area (Å²) in [5.41, 5.74) is 1.07. The summed E-state index contributed by atoms with van der Waals surface area (Å²) in [4.78, 5) is 12.5. The Balaban J connectivity index is 2.23. The molecule has 1 aliphatic carbocycles. The molecule has 0 aliphatic heterocycles. The molecule has 1 aromatic carbocycles. The van der Waals surface area contributed by atoms with Crippen molar-refractivity contribution in [2.24, 2.45) is 17.3 Å². The molecule has 4 nitrogen and oxygen atoms in total. The van der Waals surface area contributed by atoms with E-state index in [9.17, 15) is 4.79 Å². The second-order valence-corrected chi connectivity index (χ2v) is 7.52. The molecule has 26 heavy (non-hydrogen) atoms. The number of rotatable bonds is 9. The van der Waals surface area contributed by atoms with Crippen molar-refractivity contribution in [2.45, 2.75) is 46.5 Å². The summed E-state index contributed by atoms with van der Waals surface area (Å²) in [6, 6.07) is 8.20. The Morgan fingerprint density at radius 1 is 1.23 bits per heavy atom. The van der Waals surface area contributed by atoms with E-state index in [1.165, 1.54) is 5.56 Å². The lowest BCUT2D eigenvalue weighted by atomic mass is 9.64. The van der Waals surface area contributed by atoms with Gasteiger partial charge >= 0.3 is 0 Å². The van der Waals surface area contributed by atoms with Crippen molar-refractivity contribution in [3.05, 3.63) is 41.7 Å². The van der Waals surface area contributed by atoms with Gasteiger partial charge in [0, 0.05) is 24.5 Å². The number of benzene rings is 1. The van der Waals surface area contributed by atoms with Crippen LogP contribution in [0.25, 0.3) is 0 Å². The summed E-state index contributed by atoms with van der Waals surface area (Å²) in [7, 11) is 3.28. The normalized spacial score (nSPS) is 24.1. The maximum atomic E-state index is 12.5. The van der Waals surface area contributed by atoms with E-state index in [0.29, 0.717) is 5.92 Å². The van der Waals surface area contributed by atoms with E-state index in [2.05, 4.69) is 32.9 Å². The molecule has 144 valence electrons. The Bertz CT molecular complexity index is 620. The van der Waals surface area contributed by atoms with E-state index < -0.39 is 0 Å². The maximum Gasteiger partial charge on any atom is 0.188 e. The van der Waals surface area contributed by atoms with Crippen LogP contribution < -0.4 is 4.74 Å². The van der Waals surface area contributed by atoms with Gasteiger partial charge in [0.25, 0.3) is 0 Å². The quantitative estimate of drug-likeness (QED) is 0.595. The van der Waals surface area contributed by atoms with Gasteiger partial charge in [0.1, 0.15) is 11.5 Å². The molecule has 0 bridgehead atoms. The lowest BCUT2D eigenvalue weighted by Crippen LogP contribution is -2.38. The molecule has 1 aliphatic rings. The van der Waals surface area contributed by atoms with Crippen LogP contribution in [0.2, 0.25) is 0 Å². The number of hydrogen-bond donors (Lipinski definition) is 0. The molecule has 4 heteroatoms. The first-order chi connectivity index (χ1) is 12.4. The minimum atomic E-state index is -0.188. The van der Waals surface area contributed by atoms with Crippen molar-refractivity contribution in [3.8, 4) is 5.75 Å². The molecule has 0 amide bonds. The van der Waals surface area contributed by atoms with Crippen LogP contribution in [-0.2, 0) is 20.7 Å². The van der Waals surface area contributed by atoms with Crippen LogP contribution in [-0.4, -0.2) is 26.8 Å². The second-order valence-electron chi connectivity index (χ2n) is 7.52. The lowest BCUT2D eigenvalue weighted by molar-refractivity contribution is -0.122. The highest BCUT2D eigenvalue weighted by molar-refractivity contribution is 5.93. The zero-order chi connectivity index (χ0) is 19.2. The molecule has 2 rings (SSSR count). The summed E-state index contributed by atoms with van der Waals surface area (Å²) in [5.74, 6) is 2.22. The molecule has 0 heterocycles. The van der Waals surface area contributed by atoms with Crippen molar-refractivity contribution in [3.63, 3.8) is 0 Å². The van der Waals surface area contributed by atoms with E-state index >= 15 is 0 Å². The number of ketones is 1. The van der Waals surface area contributed by atoms with Gasteiger partial charge in [-0.2, -0.15) is 0 Å². The summed E-state index contributed by atoms with van der Waals surface area (Å²) >= 11 is 0. The molecule has 1 aromatic rings. The molecule has 0 N–H and O–H groups in total. The van der Waals surface area contributed by atoms with Gasteiger partial charge in [-0.05, 0) is 42.9 Å². The van der Waals surface area contributed by atoms with Crippen LogP contribution in [0.4, 0.5) is 0 Å². The zero-order valence-electron chi connectivity index (χ0n) is 16.7. The summed E-state index contributed by atoms with van der Waals surface area (Å²) in [6.07, 6.45) is 5.40. The predicted octanol–water partition coefficient (Wildman–Crippen LogP) is 4.77. The Morgan fingerprint density at radius 3 is 2.50 bits per heavy atom. The zero-order valence-corrected chi connectivity index (χ0v) is 16.7. The van der Waals surface area contributed by atoms with Gasteiger partial charge < -0.3 is 14.2 Å². The van der Waals surface area contributed by atoms with Gasteiger partial charge in [0.2, 0.25) is 0 Å². The van der Waals surface area contributed by atoms with Gasteiger partial charge in [-0.1, -0.05) is 39.3 Å². The summed E-state index contributed by atoms with van der Waals surface area (Å²) in [5, 5.41) is 0. The number of methoxy groups -OCH3 is 2. The molecular weight excluding hydrogens is 328 g/mol. The van der Waals surface area contributed by atoms with Gasteiger partial charge in [-0.3, -0.25) is 4.79 Å². The number of ether oxygens (including phenoxy) is 3. The van der Waals surface area contributed by atoms with Crippen molar-refractivity contribution in [1.29, 1.82) is 0 Å². The highest BCUT2D eigenvalue weighted by Crippen LogP contribution is 2.47. The van der Waals surface area contributed by atoms with Crippen molar-refractivity contribution < 1.29 is 19.0 Å². The minimum Gasteiger partial charge on any atom is -0.497 e. The van der Waals surface area contributed by atoms with Gasteiger partial charge in [-0.15, -0.1) is 0 Å². The second kappa shape index (κ2) is 9.22. The van der Waals surface area contributed by atoms with E-state index in [-0.39, 0.29) is 23.9 Å². The van der Waals surface area contributed by atoms with E-state index in [0.717, 1.165) is 37.2 Å². The molecular formula is C22H32O4. The average molecular weight is 360 g/mol. The fraction of sp³-hybridized carbons (Fsp3) is 0.591. The first kappa shape index (κ1) is 20.5. The molecule has 2 unspecified atom stereocenters. The van der Waals surface area contributed by atoms with Crippen LogP contribution in [0.15, 0.2) is 36.1 Å². The van der Waals surface area contributed by atoms with Crippen LogP contribution in [0.1, 0.15) is 45.6 Å². The SMILES string of the molecule is CCCC1C[C@@](C)(C(C)Cc2ccc(OC)cc2)C(OCOC)=CC1=O. The number of hydrogen-bond acceptors (Lipinski definition) is 4. The molecule has 0 saturated heterocycles. The van der Waals surface area contributed by atoms with Crippen LogP contribution in [0.5, 0.6) is 5.75 Å². The summed E-state index contributed by atoms with van der Waals surface area (Å²) in [6.45, 7) is 6.76. The number of carbonyl (C=O) groups is 1. The molecule has 0 saturated carbocycles. The third-order valence-electron chi connectivity index (χ3n) is 5.67. The van der Waals surface area contributed by atoms with Crippen molar-refractivity contribution in [2.75, 3.05) is 21.0 Å². The van der Waals surface area contributed by atoms with Crippen molar-refractivity contribution >= 4 is 5.78 Å². The highest BCUT2D eigenvalue weighted by Gasteiger charge is 2.43. The van der Waals surface area contributed by atoms with Gasteiger partial charge in [-0.25, -0.2) is 0 Å². The molecule has 0 aromatic heterocycles. The monoisotopic (exact) mass is 360 g/mol. The van der Waals surface area contributed by atoms with Crippen LogP contribution >= 0.6 is 0 Å².